The molecule has 0 aliphatic rings. The first-order chi connectivity index (χ1) is 12.3. The van der Waals surface area contributed by atoms with Crippen LogP contribution in [-0.4, -0.2) is 33.7 Å². The second-order valence-electron chi connectivity index (χ2n) is 5.08. The molecule has 0 saturated heterocycles. The molecule has 0 bridgehead atoms. The highest BCUT2D eigenvalue weighted by Crippen LogP contribution is 2.22. The van der Waals surface area contributed by atoms with Gasteiger partial charge in [0.1, 0.15) is 16.8 Å². The van der Waals surface area contributed by atoms with Gasteiger partial charge in [-0.25, -0.2) is 9.37 Å². The number of esters is 1. The number of carbonyl (C=O) groups is 2. The number of amides is 1. The lowest BCUT2D eigenvalue weighted by Crippen LogP contribution is -2.24. The van der Waals surface area contributed by atoms with Crippen LogP contribution in [0.5, 0.6) is 0 Å². The van der Waals surface area contributed by atoms with Gasteiger partial charge in [-0.1, -0.05) is 23.9 Å². The first-order valence-corrected chi connectivity index (χ1v) is 8.50. The summed E-state index contributed by atoms with van der Waals surface area (Å²) in [4.78, 5) is 42.3. The van der Waals surface area contributed by atoms with E-state index >= 15 is 0 Å². The fourth-order valence-corrected chi connectivity index (χ4v) is 2.75. The number of halogens is 1. The molecule has 0 aliphatic carbocycles. The third-order valence-electron chi connectivity index (χ3n) is 3.19. The van der Waals surface area contributed by atoms with E-state index in [1.807, 2.05) is 0 Å². The molecule has 0 radical (unpaired) electrons. The van der Waals surface area contributed by atoms with E-state index in [-0.39, 0.29) is 28.8 Å². The predicted molar refractivity (Wildman–Crippen MR) is 95.6 cm³/mol. The summed E-state index contributed by atoms with van der Waals surface area (Å²) < 4.78 is 18.5. The first-order valence-electron chi connectivity index (χ1n) is 7.62. The Morgan fingerprint density at radius 2 is 2.12 bits per heavy atom. The minimum atomic E-state index is -0.831. The van der Waals surface area contributed by atoms with Crippen LogP contribution in [0.3, 0.4) is 0 Å². The Bertz CT molecular complexity index is 887. The average molecular weight is 380 g/mol. The number of nitrogens with one attached hydrogen (secondary N) is 2. The molecule has 1 heterocycles. The van der Waals surface area contributed by atoms with Crippen molar-refractivity contribution >= 4 is 35.1 Å². The van der Waals surface area contributed by atoms with Gasteiger partial charge in [0.15, 0.2) is 11.0 Å². The number of nitrogens with two attached hydrogens (primary N) is 1. The van der Waals surface area contributed by atoms with Crippen LogP contribution in [0, 0.1) is 5.82 Å². The van der Waals surface area contributed by atoms with Gasteiger partial charge in [-0.05, 0) is 26.0 Å². The van der Waals surface area contributed by atoms with E-state index in [2.05, 4.69) is 15.3 Å². The highest BCUT2D eigenvalue weighted by molar-refractivity contribution is 8.00. The lowest BCUT2D eigenvalue weighted by Gasteiger charge is -2.11. The Hall–Kier alpha value is -2.88. The number of H-pyrrole nitrogens is 1. The second kappa shape index (κ2) is 8.48. The van der Waals surface area contributed by atoms with Crippen LogP contribution in [-0.2, 0) is 9.53 Å². The van der Waals surface area contributed by atoms with E-state index in [0.717, 1.165) is 17.8 Å². The number of benzene rings is 1. The SMILES string of the molecule is CCOC(=O)[C@H](C)Sc1nc(N)c(NC(=O)c2ccccc2F)c(=O)[nH]1. The fourth-order valence-electron chi connectivity index (χ4n) is 1.95. The minimum absolute atomic E-state index is 0.0944. The number of hydrogen-bond donors (Lipinski definition) is 3. The molecule has 1 aromatic heterocycles. The molecular weight excluding hydrogens is 363 g/mol. The van der Waals surface area contributed by atoms with E-state index in [1.165, 1.54) is 18.2 Å². The molecule has 26 heavy (non-hydrogen) atoms. The summed E-state index contributed by atoms with van der Waals surface area (Å²) in [5.74, 6) is -2.28. The molecule has 0 aliphatic heterocycles. The largest absolute Gasteiger partial charge is 0.465 e. The third kappa shape index (κ3) is 4.60. The number of aromatic nitrogens is 2. The Morgan fingerprint density at radius 1 is 1.42 bits per heavy atom. The predicted octanol–water partition coefficient (Wildman–Crippen LogP) is 1.79. The maximum atomic E-state index is 13.6. The Labute approximate surface area is 152 Å². The van der Waals surface area contributed by atoms with E-state index in [9.17, 15) is 18.8 Å². The zero-order valence-electron chi connectivity index (χ0n) is 14.0. The number of carbonyl (C=O) groups excluding carboxylic acids is 2. The van der Waals surface area contributed by atoms with Crippen molar-refractivity contribution in [2.75, 3.05) is 17.7 Å². The number of aromatic amines is 1. The zero-order valence-corrected chi connectivity index (χ0v) is 14.9. The molecule has 10 heteroatoms. The van der Waals surface area contributed by atoms with Crippen LogP contribution < -0.4 is 16.6 Å². The number of hydrogen-bond acceptors (Lipinski definition) is 7. The quantitative estimate of drug-likeness (QED) is 0.396. The summed E-state index contributed by atoms with van der Waals surface area (Å²) in [5, 5.41) is 1.73. The van der Waals surface area contributed by atoms with Gasteiger partial charge in [0.05, 0.1) is 12.2 Å². The first kappa shape index (κ1) is 19.4. The van der Waals surface area contributed by atoms with Crippen LogP contribution in [0.15, 0.2) is 34.2 Å². The molecule has 138 valence electrons. The number of nitrogens with zero attached hydrogens (tertiary/aromatic N) is 1. The summed E-state index contributed by atoms with van der Waals surface area (Å²) in [7, 11) is 0. The molecule has 0 unspecified atom stereocenters. The van der Waals surface area contributed by atoms with Crippen molar-refractivity contribution < 1.29 is 18.7 Å². The maximum absolute atomic E-state index is 13.6. The fraction of sp³-hybridized carbons (Fsp3) is 0.250. The average Bonchev–Trinajstić information content (AvgIpc) is 2.58. The number of nitrogen functional groups attached to an aromatic ring is 1. The summed E-state index contributed by atoms with van der Waals surface area (Å²) in [5.41, 5.74) is 4.47. The highest BCUT2D eigenvalue weighted by Gasteiger charge is 2.20. The summed E-state index contributed by atoms with van der Waals surface area (Å²) in [6.07, 6.45) is 0. The summed E-state index contributed by atoms with van der Waals surface area (Å²) >= 11 is 0.952. The maximum Gasteiger partial charge on any atom is 0.319 e. The van der Waals surface area contributed by atoms with Crippen molar-refractivity contribution in [2.45, 2.75) is 24.3 Å². The molecule has 1 aromatic carbocycles. The van der Waals surface area contributed by atoms with E-state index in [1.54, 1.807) is 13.8 Å². The number of ether oxygens (including phenoxy) is 1. The van der Waals surface area contributed by atoms with Gasteiger partial charge in [-0.3, -0.25) is 19.4 Å². The summed E-state index contributed by atoms with van der Waals surface area (Å²) in [6, 6.07) is 5.32. The van der Waals surface area contributed by atoms with Gasteiger partial charge in [-0.15, -0.1) is 0 Å². The smallest absolute Gasteiger partial charge is 0.319 e. The number of rotatable bonds is 6. The molecule has 0 fully saturated rings. The minimum Gasteiger partial charge on any atom is -0.465 e. The van der Waals surface area contributed by atoms with Crippen LogP contribution in [0.2, 0.25) is 0 Å². The van der Waals surface area contributed by atoms with Crippen LogP contribution in [0.4, 0.5) is 15.9 Å². The standard InChI is InChI=1S/C16H17FN4O4S/c1-3-25-15(24)8(2)26-16-20-12(18)11(14(23)21-16)19-13(22)9-6-4-5-7-10(9)17/h4-8H,3H2,1-2H3,(H,19,22)(H3,18,20,21,23)/t8-/m0/s1. The third-order valence-corrected chi connectivity index (χ3v) is 4.15. The lowest BCUT2D eigenvalue weighted by molar-refractivity contribution is -0.142. The highest BCUT2D eigenvalue weighted by atomic mass is 32.2. The van der Waals surface area contributed by atoms with Crippen molar-refractivity contribution in [3.05, 3.63) is 46.0 Å². The molecule has 2 rings (SSSR count). The van der Waals surface area contributed by atoms with Crippen LogP contribution in [0.25, 0.3) is 0 Å². The van der Waals surface area contributed by atoms with Crippen molar-refractivity contribution in [1.82, 2.24) is 9.97 Å². The van der Waals surface area contributed by atoms with Crippen molar-refractivity contribution in [2.24, 2.45) is 0 Å². The Balaban J connectivity index is 2.19. The molecule has 0 saturated carbocycles. The summed E-state index contributed by atoms with van der Waals surface area (Å²) in [6.45, 7) is 3.50. The van der Waals surface area contributed by atoms with Gasteiger partial charge >= 0.3 is 5.97 Å². The molecule has 8 nitrogen and oxygen atoms in total. The van der Waals surface area contributed by atoms with Gasteiger partial charge in [0.25, 0.3) is 11.5 Å². The van der Waals surface area contributed by atoms with Gasteiger partial charge < -0.3 is 15.8 Å². The molecule has 4 N–H and O–H groups in total. The van der Waals surface area contributed by atoms with Crippen molar-refractivity contribution in [3.63, 3.8) is 0 Å². The molecule has 2 aromatic rings. The van der Waals surface area contributed by atoms with E-state index in [4.69, 9.17) is 10.5 Å². The number of anilines is 2. The lowest BCUT2D eigenvalue weighted by atomic mass is 10.2. The molecule has 0 spiro atoms. The zero-order chi connectivity index (χ0) is 19.3. The number of thioether (sulfide) groups is 1. The Kier molecular flexibility index (Phi) is 6.34. The van der Waals surface area contributed by atoms with E-state index in [0.29, 0.717) is 0 Å². The van der Waals surface area contributed by atoms with Crippen molar-refractivity contribution in [3.8, 4) is 0 Å². The van der Waals surface area contributed by atoms with Gasteiger partial charge in [0.2, 0.25) is 0 Å². The Morgan fingerprint density at radius 3 is 2.73 bits per heavy atom. The monoisotopic (exact) mass is 380 g/mol. The van der Waals surface area contributed by atoms with Crippen LogP contribution >= 0.6 is 11.8 Å². The van der Waals surface area contributed by atoms with Gasteiger partial charge in [0, 0.05) is 0 Å². The topological polar surface area (TPSA) is 127 Å². The molecular formula is C16H17FN4O4S. The normalized spacial score (nSPS) is 11.7. The van der Waals surface area contributed by atoms with Crippen molar-refractivity contribution in [1.29, 1.82) is 0 Å². The van der Waals surface area contributed by atoms with E-state index < -0.39 is 28.5 Å². The van der Waals surface area contributed by atoms with Gasteiger partial charge in [-0.2, -0.15) is 0 Å². The molecule has 1 amide bonds. The van der Waals surface area contributed by atoms with Crippen LogP contribution in [0.1, 0.15) is 24.2 Å². The second-order valence-corrected chi connectivity index (χ2v) is 6.41. The molecule has 1 atom stereocenters.